The summed E-state index contributed by atoms with van der Waals surface area (Å²) in [6, 6.07) is 0.750. The van der Waals surface area contributed by atoms with Gasteiger partial charge in [0.2, 0.25) is 0 Å². The summed E-state index contributed by atoms with van der Waals surface area (Å²) < 4.78 is 0. The number of rotatable bonds is 4. The van der Waals surface area contributed by atoms with Gasteiger partial charge in [-0.2, -0.15) is 0 Å². The summed E-state index contributed by atoms with van der Waals surface area (Å²) in [6.07, 6.45) is 2.56. The first kappa shape index (κ1) is 10.0. The van der Waals surface area contributed by atoms with Crippen LogP contribution in [-0.2, 0) is 0 Å². The van der Waals surface area contributed by atoms with E-state index in [-0.39, 0.29) is 0 Å². The van der Waals surface area contributed by atoms with Crippen molar-refractivity contribution in [3.05, 3.63) is 0 Å². The van der Waals surface area contributed by atoms with Crippen LogP contribution in [0, 0.1) is 5.92 Å². The molecule has 0 radical (unpaired) electrons. The Morgan fingerprint density at radius 3 is 2.67 bits per heavy atom. The van der Waals surface area contributed by atoms with Crippen molar-refractivity contribution in [3.8, 4) is 0 Å². The number of likely N-dealkylation sites (tertiary alicyclic amines) is 1. The van der Waals surface area contributed by atoms with Crippen LogP contribution in [0.3, 0.4) is 0 Å². The summed E-state index contributed by atoms with van der Waals surface area (Å²) in [6.45, 7) is 8.21. The molecule has 2 unspecified atom stereocenters. The smallest absolute Gasteiger partial charge is 0.0235 e. The van der Waals surface area contributed by atoms with E-state index >= 15 is 0 Å². The fraction of sp³-hybridized carbons (Fsp3) is 1.00. The Labute approximate surface area is 76.3 Å². The zero-order chi connectivity index (χ0) is 8.97. The van der Waals surface area contributed by atoms with Gasteiger partial charge in [0.25, 0.3) is 0 Å². The molecule has 1 fully saturated rings. The highest BCUT2D eigenvalue weighted by Gasteiger charge is 2.28. The zero-order valence-corrected chi connectivity index (χ0v) is 8.64. The highest BCUT2D eigenvalue weighted by molar-refractivity contribution is 4.86. The number of hydrogen-bond donors (Lipinski definition) is 1. The quantitative estimate of drug-likeness (QED) is 0.684. The van der Waals surface area contributed by atoms with Crippen LogP contribution in [0.5, 0.6) is 0 Å². The molecule has 0 bridgehead atoms. The molecule has 0 aromatic heterocycles. The van der Waals surface area contributed by atoms with Crippen molar-refractivity contribution in [3.63, 3.8) is 0 Å². The second-order valence-corrected chi connectivity index (χ2v) is 3.95. The van der Waals surface area contributed by atoms with Crippen LogP contribution in [0.4, 0.5) is 0 Å². The minimum absolute atomic E-state index is 0.750. The maximum Gasteiger partial charge on any atom is 0.0235 e. The summed E-state index contributed by atoms with van der Waals surface area (Å²) in [5.74, 6) is 0.876. The Morgan fingerprint density at radius 2 is 2.08 bits per heavy atom. The first-order valence-electron chi connectivity index (χ1n) is 5.19. The second kappa shape index (κ2) is 4.83. The van der Waals surface area contributed by atoms with E-state index in [1.54, 1.807) is 0 Å². The zero-order valence-electron chi connectivity index (χ0n) is 8.64. The van der Waals surface area contributed by atoms with Crippen LogP contribution in [0.2, 0.25) is 0 Å². The van der Waals surface area contributed by atoms with E-state index in [9.17, 15) is 0 Å². The van der Waals surface area contributed by atoms with Gasteiger partial charge in [0.1, 0.15) is 0 Å². The summed E-state index contributed by atoms with van der Waals surface area (Å²) in [7, 11) is 2.22. The predicted molar refractivity (Wildman–Crippen MR) is 53.4 cm³/mol. The van der Waals surface area contributed by atoms with Crippen molar-refractivity contribution in [2.75, 3.05) is 26.7 Å². The number of likely N-dealkylation sites (N-methyl/N-ethyl adjacent to an activating group) is 1. The minimum atomic E-state index is 0.750. The Balaban J connectivity index is 2.30. The van der Waals surface area contributed by atoms with Crippen LogP contribution in [0.25, 0.3) is 0 Å². The average Bonchev–Trinajstić information content (AvgIpc) is 2.42. The highest BCUT2D eigenvalue weighted by atomic mass is 15.2. The molecule has 72 valence electrons. The first-order valence-corrected chi connectivity index (χ1v) is 5.19. The summed E-state index contributed by atoms with van der Waals surface area (Å²) >= 11 is 0. The summed E-state index contributed by atoms with van der Waals surface area (Å²) in [4.78, 5) is 2.43. The van der Waals surface area contributed by atoms with Crippen molar-refractivity contribution < 1.29 is 0 Å². The maximum atomic E-state index is 3.62. The van der Waals surface area contributed by atoms with Gasteiger partial charge in [-0.05, 0) is 25.9 Å². The van der Waals surface area contributed by atoms with Crippen LogP contribution in [0.1, 0.15) is 26.7 Å². The molecule has 1 heterocycles. The van der Waals surface area contributed by atoms with Gasteiger partial charge in [-0.15, -0.1) is 0 Å². The van der Waals surface area contributed by atoms with E-state index in [2.05, 4.69) is 31.1 Å². The molecule has 1 aliphatic rings. The van der Waals surface area contributed by atoms with Crippen LogP contribution < -0.4 is 5.32 Å². The van der Waals surface area contributed by atoms with Gasteiger partial charge in [-0.3, -0.25) is 0 Å². The molecule has 12 heavy (non-hydrogen) atoms. The number of nitrogens with zero attached hydrogens (tertiary/aromatic N) is 1. The van der Waals surface area contributed by atoms with E-state index in [4.69, 9.17) is 0 Å². The van der Waals surface area contributed by atoms with E-state index < -0.39 is 0 Å². The standard InChI is InChI=1S/C10H22N2/c1-4-6-11-10-8-12(3)7-9(10)5-2/h9-11H,4-8H2,1-3H3. The van der Waals surface area contributed by atoms with Gasteiger partial charge in [0, 0.05) is 19.1 Å². The molecule has 1 N–H and O–H groups in total. The molecule has 0 aromatic carbocycles. The molecule has 1 rings (SSSR count). The third-order valence-corrected chi connectivity index (χ3v) is 2.80. The third kappa shape index (κ3) is 2.46. The van der Waals surface area contributed by atoms with E-state index in [0.717, 1.165) is 12.0 Å². The predicted octanol–water partition coefficient (Wildman–Crippen LogP) is 1.33. The third-order valence-electron chi connectivity index (χ3n) is 2.80. The molecule has 1 aliphatic heterocycles. The normalized spacial score (nSPS) is 31.2. The van der Waals surface area contributed by atoms with Crippen molar-refractivity contribution >= 4 is 0 Å². The fourth-order valence-corrected chi connectivity index (χ4v) is 2.06. The molecule has 0 saturated carbocycles. The molecular formula is C10H22N2. The van der Waals surface area contributed by atoms with Crippen molar-refractivity contribution in [2.24, 2.45) is 5.92 Å². The molecular weight excluding hydrogens is 148 g/mol. The lowest BCUT2D eigenvalue weighted by Gasteiger charge is -2.17. The molecule has 0 spiro atoms. The monoisotopic (exact) mass is 170 g/mol. The lowest BCUT2D eigenvalue weighted by molar-refractivity contribution is 0.392. The number of nitrogens with one attached hydrogen (secondary N) is 1. The van der Waals surface area contributed by atoms with E-state index in [1.165, 1.54) is 32.5 Å². The Hall–Kier alpha value is -0.0800. The van der Waals surface area contributed by atoms with Gasteiger partial charge in [0.15, 0.2) is 0 Å². The van der Waals surface area contributed by atoms with Gasteiger partial charge in [-0.1, -0.05) is 20.3 Å². The summed E-state index contributed by atoms with van der Waals surface area (Å²) in [5.41, 5.74) is 0. The van der Waals surface area contributed by atoms with Crippen LogP contribution >= 0.6 is 0 Å². The van der Waals surface area contributed by atoms with Gasteiger partial charge < -0.3 is 10.2 Å². The van der Waals surface area contributed by atoms with E-state index in [1.807, 2.05) is 0 Å². The van der Waals surface area contributed by atoms with Crippen LogP contribution in [0.15, 0.2) is 0 Å². The average molecular weight is 170 g/mol. The lowest BCUT2D eigenvalue weighted by atomic mass is 10.0. The topological polar surface area (TPSA) is 15.3 Å². The summed E-state index contributed by atoms with van der Waals surface area (Å²) in [5, 5.41) is 3.62. The molecule has 0 amide bonds. The molecule has 1 saturated heterocycles. The van der Waals surface area contributed by atoms with Crippen molar-refractivity contribution in [2.45, 2.75) is 32.7 Å². The molecule has 0 aliphatic carbocycles. The molecule has 2 heteroatoms. The van der Waals surface area contributed by atoms with Gasteiger partial charge in [-0.25, -0.2) is 0 Å². The molecule has 2 nitrogen and oxygen atoms in total. The fourth-order valence-electron chi connectivity index (χ4n) is 2.06. The largest absolute Gasteiger partial charge is 0.312 e. The Bertz CT molecular complexity index is 125. The lowest BCUT2D eigenvalue weighted by Crippen LogP contribution is -2.36. The van der Waals surface area contributed by atoms with Crippen molar-refractivity contribution in [1.29, 1.82) is 0 Å². The Kier molecular flexibility index (Phi) is 4.02. The highest BCUT2D eigenvalue weighted by Crippen LogP contribution is 2.18. The SMILES string of the molecule is CCCNC1CN(C)CC1CC. The van der Waals surface area contributed by atoms with Gasteiger partial charge in [0.05, 0.1) is 0 Å². The second-order valence-electron chi connectivity index (χ2n) is 3.95. The van der Waals surface area contributed by atoms with Gasteiger partial charge >= 0.3 is 0 Å². The van der Waals surface area contributed by atoms with Crippen LogP contribution in [-0.4, -0.2) is 37.6 Å². The Morgan fingerprint density at radius 1 is 1.33 bits per heavy atom. The van der Waals surface area contributed by atoms with E-state index in [0.29, 0.717) is 0 Å². The minimum Gasteiger partial charge on any atom is -0.312 e. The molecule has 2 atom stereocenters. The molecule has 0 aromatic rings. The maximum absolute atomic E-state index is 3.62. The first-order chi connectivity index (χ1) is 5.77. The van der Waals surface area contributed by atoms with Crippen molar-refractivity contribution in [1.82, 2.24) is 10.2 Å². The number of hydrogen-bond acceptors (Lipinski definition) is 2.